The Hall–Kier alpha value is -2.38. The van der Waals surface area contributed by atoms with Crippen molar-refractivity contribution < 1.29 is 4.79 Å². The standard InChI is InChI=1S/C21H22BrN5O/c1-15-24-25-20(14-26-11-5-2-6-12-26)27(15)19-9-8-16(22)13-17(19)21(28)18-7-3-4-10-23-18/h3-4,7-10,13H,2,5-6,11-12,14H2,1H3. The van der Waals surface area contributed by atoms with Gasteiger partial charge in [0.05, 0.1) is 12.2 Å². The number of rotatable bonds is 5. The van der Waals surface area contributed by atoms with Crippen LogP contribution in [-0.2, 0) is 6.54 Å². The summed E-state index contributed by atoms with van der Waals surface area (Å²) in [5.41, 5.74) is 1.79. The Kier molecular flexibility index (Phi) is 5.64. The van der Waals surface area contributed by atoms with Crippen LogP contribution in [0.2, 0.25) is 0 Å². The lowest BCUT2D eigenvalue weighted by Crippen LogP contribution is -2.30. The molecule has 3 heterocycles. The molecule has 1 aliphatic rings. The highest BCUT2D eigenvalue weighted by molar-refractivity contribution is 9.10. The van der Waals surface area contributed by atoms with E-state index in [1.807, 2.05) is 35.8 Å². The Morgan fingerprint density at radius 2 is 1.93 bits per heavy atom. The molecule has 6 nitrogen and oxygen atoms in total. The van der Waals surface area contributed by atoms with E-state index in [-0.39, 0.29) is 5.78 Å². The maximum atomic E-state index is 13.2. The highest BCUT2D eigenvalue weighted by atomic mass is 79.9. The number of benzene rings is 1. The summed E-state index contributed by atoms with van der Waals surface area (Å²) in [5.74, 6) is 1.51. The molecule has 1 aromatic carbocycles. The minimum Gasteiger partial charge on any atom is -0.296 e. The van der Waals surface area contributed by atoms with Gasteiger partial charge in [-0.3, -0.25) is 19.2 Å². The number of carbonyl (C=O) groups excluding carboxylic acids is 1. The molecule has 4 rings (SSSR count). The number of ketones is 1. The topological polar surface area (TPSA) is 63.9 Å². The van der Waals surface area contributed by atoms with Crippen LogP contribution < -0.4 is 0 Å². The van der Waals surface area contributed by atoms with E-state index in [9.17, 15) is 4.79 Å². The maximum absolute atomic E-state index is 13.2. The minimum absolute atomic E-state index is 0.117. The molecule has 1 fully saturated rings. The van der Waals surface area contributed by atoms with Crippen molar-refractivity contribution in [3.05, 3.63) is 70.0 Å². The zero-order valence-corrected chi connectivity index (χ0v) is 17.4. The summed E-state index contributed by atoms with van der Waals surface area (Å²) >= 11 is 3.50. The van der Waals surface area contributed by atoms with Crippen LogP contribution in [0.15, 0.2) is 47.1 Å². The van der Waals surface area contributed by atoms with E-state index in [2.05, 4.69) is 36.0 Å². The van der Waals surface area contributed by atoms with Gasteiger partial charge in [-0.25, -0.2) is 0 Å². The summed E-state index contributed by atoms with van der Waals surface area (Å²) in [6.45, 7) is 4.80. The number of nitrogens with zero attached hydrogens (tertiary/aromatic N) is 5. The Morgan fingerprint density at radius 3 is 2.68 bits per heavy atom. The second-order valence-corrected chi connectivity index (χ2v) is 7.96. The van der Waals surface area contributed by atoms with Gasteiger partial charge < -0.3 is 0 Å². The lowest BCUT2D eigenvalue weighted by Gasteiger charge is -2.26. The monoisotopic (exact) mass is 439 g/mol. The predicted octanol–water partition coefficient (Wildman–Crippen LogP) is 3.95. The van der Waals surface area contributed by atoms with E-state index in [1.165, 1.54) is 19.3 Å². The van der Waals surface area contributed by atoms with E-state index in [1.54, 1.807) is 18.3 Å². The van der Waals surface area contributed by atoms with Crippen molar-refractivity contribution in [3.63, 3.8) is 0 Å². The summed E-state index contributed by atoms with van der Waals surface area (Å²) in [7, 11) is 0. The number of piperidine rings is 1. The van der Waals surface area contributed by atoms with Crippen LogP contribution in [0.3, 0.4) is 0 Å². The number of likely N-dealkylation sites (tertiary alicyclic amines) is 1. The van der Waals surface area contributed by atoms with Gasteiger partial charge >= 0.3 is 0 Å². The molecule has 1 aliphatic heterocycles. The average Bonchev–Trinajstić information content (AvgIpc) is 3.09. The smallest absolute Gasteiger partial charge is 0.213 e. The molecule has 0 saturated carbocycles. The zero-order valence-electron chi connectivity index (χ0n) is 15.8. The predicted molar refractivity (Wildman–Crippen MR) is 111 cm³/mol. The highest BCUT2D eigenvalue weighted by Crippen LogP contribution is 2.25. The Bertz CT molecular complexity index is 980. The Morgan fingerprint density at radius 1 is 1.11 bits per heavy atom. The third kappa shape index (κ3) is 3.91. The molecule has 0 radical (unpaired) electrons. The van der Waals surface area contributed by atoms with Crippen molar-refractivity contribution in [2.75, 3.05) is 13.1 Å². The van der Waals surface area contributed by atoms with Crippen molar-refractivity contribution in [1.29, 1.82) is 0 Å². The fourth-order valence-electron chi connectivity index (χ4n) is 3.66. The molecular weight excluding hydrogens is 418 g/mol. The third-order valence-corrected chi connectivity index (χ3v) is 5.54. The van der Waals surface area contributed by atoms with E-state index in [0.717, 1.165) is 41.4 Å². The number of carbonyl (C=O) groups is 1. The summed E-state index contributed by atoms with van der Waals surface area (Å²) in [5, 5.41) is 8.72. The van der Waals surface area contributed by atoms with Gasteiger partial charge in [0.2, 0.25) is 5.78 Å². The average molecular weight is 440 g/mol. The number of hydrogen-bond donors (Lipinski definition) is 0. The van der Waals surface area contributed by atoms with E-state index in [0.29, 0.717) is 11.3 Å². The van der Waals surface area contributed by atoms with Crippen LogP contribution in [0.4, 0.5) is 0 Å². The van der Waals surface area contributed by atoms with E-state index in [4.69, 9.17) is 0 Å². The molecule has 0 atom stereocenters. The first-order valence-electron chi connectivity index (χ1n) is 9.52. The van der Waals surface area contributed by atoms with Gasteiger partial charge in [-0.2, -0.15) is 0 Å². The molecule has 3 aromatic rings. The van der Waals surface area contributed by atoms with Crippen LogP contribution in [0, 0.1) is 6.92 Å². The SMILES string of the molecule is Cc1nnc(CN2CCCCC2)n1-c1ccc(Br)cc1C(=O)c1ccccn1. The first kappa shape index (κ1) is 19.0. The second kappa shape index (κ2) is 8.32. The molecule has 0 N–H and O–H groups in total. The summed E-state index contributed by atoms with van der Waals surface area (Å²) in [4.78, 5) is 19.8. The molecule has 7 heteroatoms. The van der Waals surface area contributed by atoms with Gasteiger partial charge in [0, 0.05) is 16.2 Å². The maximum Gasteiger partial charge on any atom is 0.213 e. The first-order chi connectivity index (χ1) is 13.6. The van der Waals surface area contributed by atoms with Gasteiger partial charge in [-0.15, -0.1) is 10.2 Å². The molecule has 0 spiro atoms. The summed E-state index contributed by atoms with van der Waals surface area (Å²) in [6, 6.07) is 11.1. The van der Waals surface area contributed by atoms with Crippen molar-refractivity contribution in [2.45, 2.75) is 32.7 Å². The van der Waals surface area contributed by atoms with Gasteiger partial charge in [0.1, 0.15) is 11.5 Å². The van der Waals surface area contributed by atoms with Gasteiger partial charge in [0.25, 0.3) is 0 Å². The van der Waals surface area contributed by atoms with Gasteiger partial charge in [-0.1, -0.05) is 28.4 Å². The van der Waals surface area contributed by atoms with Crippen molar-refractivity contribution in [3.8, 4) is 5.69 Å². The molecular formula is C21H22BrN5O. The number of pyridine rings is 1. The van der Waals surface area contributed by atoms with Crippen LogP contribution >= 0.6 is 15.9 Å². The van der Waals surface area contributed by atoms with Gasteiger partial charge in [-0.05, 0) is 63.2 Å². The number of halogens is 1. The molecule has 0 amide bonds. The fraction of sp³-hybridized carbons (Fsp3) is 0.333. The van der Waals surface area contributed by atoms with Crippen molar-refractivity contribution in [1.82, 2.24) is 24.6 Å². The van der Waals surface area contributed by atoms with Crippen molar-refractivity contribution in [2.24, 2.45) is 0 Å². The van der Waals surface area contributed by atoms with E-state index < -0.39 is 0 Å². The largest absolute Gasteiger partial charge is 0.296 e. The molecule has 2 aromatic heterocycles. The molecule has 0 bridgehead atoms. The Labute approximate surface area is 172 Å². The van der Waals surface area contributed by atoms with Crippen LogP contribution in [0.25, 0.3) is 5.69 Å². The first-order valence-corrected chi connectivity index (χ1v) is 10.3. The van der Waals surface area contributed by atoms with Crippen LogP contribution in [0.1, 0.15) is 47.0 Å². The lowest BCUT2D eigenvalue weighted by atomic mass is 10.0. The number of aryl methyl sites for hydroxylation is 1. The van der Waals surface area contributed by atoms with Crippen LogP contribution in [0.5, 0.6) is 0 Å². The molecule has 28 heavy (non-hydrogen) atoms. The molecule has 0 unspecified atom stereocenters. The fourth-order valence-corrected chi connectivity index (χ4v) is 4.02. The second-order valence-electron chi connectivity index (χ2n) is 7.04. The Balaban J connectivity index is 1.76. The molecule has 1 saturated heterocycles. The van der Waals surface area contributed by atoms with Crippen LogP contribution in [-0.4, -0.2) is 43.5 Å². The normalized spacial score (nSPS) is 14.9. The minimum atomic E-state index is -0.117. The molecule has 144 valence electrons. The zero-order chi connectivity index (χ0) is 19.5. The highest BCUT2D eigenvalue weighted by Gasteiger charge is 2.22. The van der Waals surface area contributed by atoms with Gasteiger partial charge in [0.15, 0.2) is 5.82 Å². The summed E-state index contributed by atoms with van der Waals surface area (Å²) in [6.07, 6.45) is 5.36. The number of hydrogen-bond acceptors (Lipinski definition) is 5. The number of aromatic nitrogens is 4. The lowest BCUT2D eigenvalue weighted by molar-refractivity contribution is 0.103. The molecule has 0 aliphatic carbocycles. The van der Waals surface area contributed by atoms with Crippen molar-refractivity contribution >= 4 is 21.7 Å². The summed E-state index contributed by atoms with van der Waals surface area (Å²) < 4.78 is 2.84. The quantitative estimate of drug-likeness (QED) is 0.563. The third-order valence-electron chi connectivity index (χ3n) is 5.05. The van der Waals surface area contributed by atoms with E-state index >= 15 is 0 Å².